The van der Waals surface area contributed by atoms with E-state index in [0.29, 0.717) is 11.8 Å². The summed E-state index contributed by atoms with van der Waals surface area (Å²) in [6.45, 7) is 8.57. The summed E-state index contributed by atoms with van der Waals surface area (Å²) < 4.78 is 17.0. The van der Waals surface area contributed by atoms with Gasteiger partial charge in [0.2, 0.25) is 12.6 Å². The van der Waals surface area contributed by atoms with Crippen LogP contribution in [0.3, 0.4) is 0 Å². The van der Waals surface area contributed by atoms with E-state index in [1.165, 1.54) is 43.8 Å². The second kappa shape index (κ2) is 6.61. The van der Waals surface area contributed by atoms with Crippen molar-refractivity contribution in [1.82, 2.24) is 0 Å². The number of hydrogen-bond donors (Lipinski definition) is 0. The Bertz CT molecular complexity index is 678. The van der Waals surface area contributed by atoms with Crippen molar-refractivity contribution < 1.29 is 23.8 Å². The third-order valence-corrected chi connectivity index (χ3v) is 7.20. The lowest BCUT2D eigenvalue weighted by molar-refractivity contribution is -0.213. The normalized spacial score (nSPS) is 40.8. The fraction of sp³-hybridized carbons (Fsp3) is 0.818. The Morgan fingerprint density at radius 2 is 1.93 bits per heavy atom. The van der Waals surface area contributed by atoms with Crippen molar-refractivity contribution in [2.75, 3.05) is 0 Å². The summed E-state index contributed by atoms with van der Waals surface area (Å²) in [5.41, 5.74) is 3.42. The van der Waals surface area contributed by atoms with Crippen LogP contribution >= 0.6 is 0 Å². The minimum atomic E-state index is -0.611. The average Bonchev–Trinajstić information content (AvgIpc) is 2.78. The van der Waals surface area contributed by atoms with Crippen LogP contribution in [0.4, 0.5) is 0 Å². The Morgan fingerprint density at radius 1 is 1.15 bits per heavy atom. The van der Waals surface area contributed by atoms with Crippen LogP contribution < -0.4 is 0 Å². The lowest BCUT2D eigenvalue weighted by Crippen LogP contribution is -2.38. The maximum Gasteiger partial charge on any atom is 0.308 e. The maximum absolute atomic E-state index is 12.2. The summed E-state index contributed by atoms with van der Waals surface area (Å²) in [5, 5.41) is 0. The molecule has 5 nitrogen and oxygen atoms in total. The smallest absolute Gasteiger partial charge is 0.308 e. The Morgan fingerprint density at radius 3 is 2.63 bits per heavy atom. The Kier molecular flexibility index (Phi) is 4.65. The standard InChI is InChI=1S/C22H32O5/c1-13(23)25-19-15-6-8-16(22(4)11-5-10-21(2,3)12-22)14-7-9-17(24)26-20(27-19)18(14)15/h15,18-20H,5-12H2,1-4H3/t15-,18+,19-,20-,22-/m1/s1. The summed E-state index contributed by atoms with van der Waals surface area (Å²) in [6.07, 6.45) is 6.80. The monoisotopic (exact) mass is 376 g/mol. The van der Waals surface area contributed by atoms with E-state index in [0.717, 1.165) is 19.3 Å². The van der Waals surface area contributed by atoms with E-state index in [1.807, 2.05) is 0 Å². The zero-order valence-corrected chi connectivity index (χ0v) is 17.0. The molecule has 4 aliphatic rings. The number of carbonyl (C=O) groups excluding carboxylic acids is 2. The summed E-state index contributed by atoms with van der Waals surface area (Å²) in [7, 11) is 0. The molecule has 27 heavy (non-hydrogen) atoms. The molecule has 0 N–H and O–H groups in total. The van der Waals surface area contributed by atoms with Crippen LogP contribution in [0.25, 0.3) is 0 Å². The molecule has 3 fully saturated rings. The number of ether oxygens (including phenoxy) is 3. The molecular weight excluding hydrogens is 344 g/mol. The summed E-state index contributed by atoms with van der Waals surface area (Å²) in [6, 6.07) is 0. The molecule has 0 radical (unpaired) electrons. The molecule has 0 amide bonds. The molecule has 0 spiro atoms. The molecule has 5 atom stereocenters. The van der Waals surface area contributed by atoms with E-state index >= 15 is 0 Å². The highest BCUT2D eigenvalue weighted by Crippen LogP contribution is 2.57. The molecular formula is C22H32O5. The molecule has 2 aliphatic heterocycles. The van der Waals surface area contributed by atoms with Gasteiger partial charge in [-0.25, -0.2) is 0 Å². The first-order valence-electron chi connectivity index (χ1n) is 10.4. The highest BCUT2D eigenvalue weighted by atomic mass is 16.8. The second-order valence-corrected chi connectivity index (χ2v) is 9.96. The molecule has 2 heterocycles. The van der Waals surface area contributed by atoms with Crippen molar-refractivity contribution in [3.8, 4) is 0 Å². The van der Waals surface area contributed by atoms with Crippen LogP contribution in [-0.4, -0.2) is 24.5 Å². The molecule has 0 aromatic heterocycles. The van der Waals surface area contributed by atoms with Crippen LogP contribution in [0, 0.1) is 22.7 Å². The lowest BCUT2D eigenvalue weighted by Gasteiger charge is -2.47. The minimum absolute atomic E-state index is 0.0337. The average molecular weight is 376 g/mol. The zero-order chi connectivity index (χ0) is 19.4. The van der Waals surface area contributed by atoms with Crippen LogP contribution in [0.5, 0.6) is 0 Å². The first kappa shape index (κ1) is 19.0. The zero-order valence-electron chi connectivity index (χ0n) is 17.0. The van der Waals surface area contributed by atoms with E-state index in [4.69, 9.17) is 14.2 Å². The Balaban J connectivity index is 1.72. The molecule has 4 rings (SSSR count). The topological polar surface area (TPSA) is 61.8 Å². The quantitative estimate of drug-likeness (QED) is 0.524. The van der Waals surface area contributed by atoms with E-state index < -0.39 is 12.6 Å². The van der Waals surface area contributed by atoms with Gasteiger partial charge < -0.3 is 14.2 Å². The summed E-state index contributed by atoms with van der Waals surface area (Å²) >= 11 is 0. The van der Waals surface area contributed by atoms with Gasteiger partial charge in [0.1, 0.15) is 0 Å². The Labute approximate surface area is 161 Å². The molecule has 0 bridgehead atoms. The van der Waals surface area contributed by atoms with Crippen LogP contribution in [0.1, 0.15) is 79.1 Å². The van der Waals surface area contributed by atoms with Gasteiger partial charge in [-0.1, -0.05) is 38.3 Å². The van der Waals surface area contributed by atoms with Crippen LogP contribution in [0.15, 0.2) is 11.1 Å². The molecule has 0 aromatic rings. The molecule has 150 valence electrons. The first-order chi connectivity index (χ1) is 12.7. The first-order valence-corrected chi connectivity index (χ1v) is 10.4. The van der Waals surface area contributed by atoms with Gasteiger partial charge in [0.15, 0.2) is 0 Å². The molecule has 2 saturated heterocycles. The van der Waals surface area contributed by atoms with E-state index in [9.17, 15) is 9.59 Å². The number of esters is 2. The van der Waals surface area contributed by atoms with Crippen molar-refractivity contribution in [3.05, 3.63) is 11.1 Å². The molecule has 5 heteroatoms. The van der Waals surface area contributed by atoms with Gasteiger partial charge in [-0.3, -0.25) is 9.59 Å². The van der Waals surface area contributed by atoms with Gasteiger partial charge in [-0.2, -0.15) is 0 Å². The van der Waals surface area contributed by atoms with E-state index in [1.54, 1.807) is 0 Å². The predicted octanol–water partition coefficient (Wildman–Crippen LogP) is 4.50. The molecule has 0 aromatic carbocycles. The number of carbonyl (C=O) groups is 2. The van der Waals surface area contributed by atoms with Gasteiger partial charge in [-0.15, -0.1) is 0 Å². The van der Waals surface area contributed by atoms with Crippen molar-refractivity contribution in [1.29, 1.82) is 0 Å². The van der Waals surface area contributed by atoms with Crippen molar-refractivity contribution >= 4 is 11.9 Å². The Hall–Kier alpha value is -1.36. The van der Waals surface area contributed by atoms with Gasteiger partial charge in [0, 0.05) is 19.3 Å². The van der Waals surface area contributed by atoms with Crippen molar-refractivity contribution in [3.63, 3.8) is 0 Å². The molecule has 1 saturated carbocycles. The van der Waals surface area contributed by atoms with Gasteiger partial charge in [-0.05, 0) is 49.4 Å². The summed E-state index contributed by atoms with van der Waals surface area (Å²) in [4.78, 5) is 23.7. The van der Waals surface area contributed by atoms with E-state index in [2.05, 4.69) is 20.8 Å². The predicted molar refractivity (Wildman–Crippen MR) is 99.3 cm³/mol. The third-order valence-electron chi connectivity index (χ3n) is 7.20. The maximum atomic E-state index is 12.2. The minimum Gasteiger partial charge on any atom is -0.435 e. The number of rotatable bonds is 2. The largest absolute Gasteiger partial charge is 0.435 e. The van der Waals surface area contributed by atoms with Gasteiger partial charge >= 0.3 is 11.9 Å². The van der Waals surface area contributed by atoms with Crippen LogP contribution in [0.2, 0.25) is 0 Å². The van der Waals surface area contributed by atoms with Crippen molar-refractivity contribution in [2.24, 2.45) is 22.7 Å². The van der Waals surface area contributed by atoms with Crippen molar-refractivity contribution in [2.45, 2.75) is 91.6 Å². The number of allylic oxidation sites excluding steroid dienone is 1. The fourth-order valence-electron chi connectivity index (χ4n) is 6.36. The van der Waals surface area contributed by atoms with Crippen LogP contribution in [-0.2, 0) is 23.8 Å². The molecule has 2 aliphatic carbocycles. The highest BCUT2D eigenvalue weighted by molar-refractivity contribution is 5.70. The summed E-state index contributed by atoms with van der Waals surface area (Å²) in [5.74, 6) is -0.437. The van der Waals surface area contributed by atoms with Gasteiger partial charge in [0.05, 0.1) is 5.92 Å². The lowest BCUT2D eigenvalue weighted by atomic mass is 9.57. The fourth-order valence-corrected chi connectivity index (χ4v) is 6.36. The second-order valence-electron chi connectivity index (χ2n) is 9.96. The molecule has 0 unspecified atom stereocenters. The highest BCUT2D eigenvalue weighted by Gasteiger charge is 2.54. The SMILES string of the molecule is CC(=O)O[C@@H]1O[C@H]2OC(=O)CCC3=C([C@]4(C)CCCC(C)(C)C4)CC[C@@H]1[C@H]32. The third kappa shape index (κ3) is 3.43. The number of hydrogen-bond acceptors (Lipinski definition) is 5. The van der Waals surface area contributed by atoms with Gasteiger partial charge in [0.25, 0.3) is 0 Å². The van der Waals surface area contributed by atoms with E-state index in [-0.39, 0.29) is 29.2 Å².